The van der Waals surface area contributed by atoms with Gasteiger partial charge in [-0.05, 0) is 37.6 Å². The van der Waals surface area contributed by atoms with Crippen LogP contribution in [0.1, 0.15) is 25.3 Å². The summed E-state index contributed by atoms with van der Waals surface area (Å²) in [4.78, 5) is 28.8. The van der Waals surface area contributed by atoms with Crippen LogP contribution in [-0.4, -0.2) is 68.5 Å². The average molecular weight is 398 g/mol. The van der Waals surface area contributed by atoms with Gasteiger partial charge in [0.2, 0.25) is 11.8 Å². The Labute approximate surface area is 168 Å². The Kier molecular flexibility index (Phi) is 10.2. The van der Waals surface area contributed by atoms with E-state index >= 15 is 0 Å². The Morgan fingerprint density at radius 1 is 1.11 bits per heavy atom. The molecule has 0 spiro atoms. The van der Waals surface area contributed by atoms with Crippen LogP contribution >= 0.6 is 12.4 Å². The van der Waals surface area contributed by atoms with Crippen LogP contribution in [0, 0.1) is 5.92 Å². The van der Waals surface area contributed by atoms with Gasteiger partial charge < -0.3 is 19.9 Å². The fourth-order valence-electron chi connectivity index (χ4n) is 3.29. The average Bonchev–Trinajstić information content (AvgIpc) is 2.92. The lowest BCUT2D eigenvalue weighted by Gasteiger charge is -2.24. The lowest BCUT2D eigenvalue weighted by atomic mass is 10.1. The molecule has 27 heavy (non-hydrogen) atoms. The Hall–Kier alpha value is -1.79. The number of nitrogens with zero attached hydrogens (tertiary/aromatic N) is 2. The second-order valence-electron chi connectivity index (χ2n) is 6.87. The molecule has 0 saturated carbocycles. The number of carbonyl (C=O) groups excluding carboxylic acids is 2. The van der Waals surface area contributed by atoms with E-state index in [4.69, 9.17) is 4.74 Å². The summed E-state index contributed by atoms with van der Waals surface area (Å²) < 4.78 is 5.15. The maximum atomic E-state index is 12.5. The van der Waals surface area contributed by atoms with Crippen LogP contribution in [0.15, 0.2) is 24.3 Å². The van der Waals surface area contributed by atoms with E-state index in [9.17, 15) is 9.59 Å². The number of methoxy groups -OCH3 is 1. The van der Waals surface area contributed by atoms with Gasteiger partial charge in [-0.1, -0.05) is 19.1 Å². The van der Waals surface area contributed by atoms with E-state index in [0.717, 1.165) is 37.2 Å². The first kappa shape index (κ1) is 23.2. The van der Waals surface area contributed by atoms with Crippen molar-refractivity contribution in [3.05, 3.63) is 29.8 Å². The minimum Gasteiger partial charge on any atom is -0.497 e. The van der Waals surface area contributed by atoms with Gasteiger partial charge in [0.15, 0.2) is 0 Å². The molecule has 0 radical (unpaired) electrons. The van der Waals surface area contributed by atoms with Crippen molar-refractivity contribution < 1.29 is 14.3 Å². The van der Waals surface area contributed by atoms with Gasteiger partial charge in [0.05, 0.1) is 7.11 Å². The number of rotatable bonds is 7. The largest absolute Gasteiger partial charge is 0.497 e. The summed E-state index contributed by atoms with van der Waals surface area (Å²) in [5, 5.41) is 3.05. The molecule has 1 atom stereocenters. The standard InChI is InChI=1S/C20H31N3O3.ClH/c1-16(15-21-2)20(25)23-12-4-11-22(13-14-23)19(24)10-7-17-5-8-18(26-3)9-6-17;/h5-6,8-9,16,21H,4,7,10-15H2,1-3H3;1H. The molecule has 2 amide bonds. The topological polar surface area (TPSA) is 61.9 Å². The smallest absolute Gasteiger partial charge is 0.226 e. The van der Waals surface area contributed by atoms with Crippen molar-refractivity contribution in [1.29, 1.82) is 0 Å². The molecule has 2 rings (SSSR count). The molecule has 152 valence electrons. The van der Waals surface area contributed by atoms with Gasteiger partial charge in [-0.15, -0.1) is 12.4 Å². The van der Waals surface area contributed by atoms with Gasteiger partial charge in [-0.25, -0.2) is 0 Å². The molecule has 7 heteroatoms. The highest BCUT2D eigenvalue weighted by Gasteiger charge is 2.24. The fourth-order valence-corrected chi connectivity index (χ4v) is 3.29. The maximum absolute atomic E-state index is 12.5. The van der Waals surface area contributed by atoms with Gasteiger partial charge in [-0.2, -0.15) is 0 Å². The number of nitrogens with one attached hydrogen (secondary N) is 1. The summed E-state index contributed by atoms with van der Waals surface area (Å²) in [5.41, 5.74) is 1.13. The van der Waals surface area contributed by atoms with Crippen LogP contribution < -0.4 is 10.1 Å². The number of aryl methyl sites for hydroxylation is 1. The minimum atomic E-state index is -0.0303. The van der Waals surface area contributed by atoms with Crippen molar-refractivity contribution in [2.45, 2.75) is 26.2 Å². The summed E-state index contributed by atoms with van der Waals surface area (Å²) >= 11 is 0. The van der Waals surface area contributed by atoms with Crippen molar-refractivity contribution >= 4 is 24.2 Å². The van der Waals surface area contributed by atoms with Crippen molar-refractivity contribution in [1.82, 2.24) is 15.1 Å². The summed E-state index contributed by atoms with van der Waals surface area (Å²) in [6.07, 6.45) is 2.06. The van der Waals surface area contributed by atoms with Crippen LogP contribution in [-0.2, 0) is 16.0 Å². The SMILES string of the molecule is CNCC(C)C(=O)N1CCCN(C(=O)CCc2ccc(OC)cc2)CC1.Cl. The second kappa shape index (κ2) is 11.8. The van der Waals surface area contributed by atoms with E-state index in [-0.39, 0.29) is 30.1 Å². The number of amides is 2. The van der Waals surface area contributed by atoms with Gasteiger partial charge in [0.25, 0.3) is 0 Å². The number of ether oxygens (including phenoxy) is 1. The molecule has 1 aromatic rings. The van der Waals surface area contributed by atoms with Crippen molar-refractivity contribution in [2.24, 2.45) is 5.92 Å². The molecule has 1 fully saturated rings. The van der Waals surface area contributed by atoms with Crippen LogP contribution in [0.2, 0.25) is 0 Å². The zero-order valence-electron chi connectivity index (χ0n) is 16.6. The normalized spacial score (nSPS) is 15.5. The number of benzene rings is 1. The Bertz CT molecular complexity index is 595. The van der Waals surface area contributed by atoms with Gasteiger partial charge >= 0.3 is 0 Å². The zero-order chi connectivity index (χ0) is 18.9. The molecule has 0 aromatic heterocycles. The monoisotopic (exact) mass is 397 g/mol. The lowest BCUT2D eigenvalue weighted by Crippen LogP contribution is -2.41. The van der Waals surface area contributed by atoms with Crippen LogP contribution in [0.5, 0.6) is 5.75 Å². The van der Waals surface area contributed by atoms with E-state index in [1.54, 1.807) is 7.11 Å². The highest BCUT2D eigenvalue weighted by molar-refractivity contribution is 5.85. The van der Waals surface area contributed by atoms with Crippen LogP contribution in [0.4, 0.5) is 0 Å². The molecule has 1 unspecified atom stereocenters. The quantitative estimate of drug-likeness (QED) is 0.764. The Morgan fingerprint density at radius 3 is 2.37 bits per heavy atom. The van der Waals surface area contributed by atoms with Crippen molar-refractivity contribution in [3.63, 3.8) is 0 Å². The third-order valence-corrected chi connectivity index (χ3v) is 4.88. The lowest BCUT2D eigenvalue weighted by molar-refractivity contribution is -0.135. The first-order chi connectivity index (χ1) is 12.5. The number of hydrogen-bond donors (Lipinski definition) is 1. The third kappa shape index (κ3) is 7.03. The van der Waals surface area contributed by atoms with E-state index < -0.39 is 0 Å². The Balaban J connectivity index is 0.00000364. The van der Waals surface area contributed by atoms with Gasteiger partial charge in [0, 0.05) is 45.1 Å². The first-order valence-corrected chi connectivity index (χ1v) is 9.39. The molecule has 1 heterocycles. The van der Waals surface area contributed by atoms with Gasteiger partial charge in [0.1, 0.15) is 5.75 Å². The van der Waals surface area contributed by atoms with E-state index in [2.05, 4.69) is 5.32 Å². The molecule has 1 aromatic carbocycles. The molecule has 1 aliphatic rings. The number of halogens is 1. The first-order valence-electron chi connectivity index (χ1n) is 9.39. The Morgan fingerprint density at radius 2 is 1.74 bits per heavy atom. The summed E-state index contributed by atoms with van der Waals surface area (Å²) in [6.45, 7) is 5.34. The second-order valence-corrected chi connectivity index (χ2v) is 6.87. The molecule has 6 nitrogen and oxygen atoms in total. The van der Waals surface area contributed by atoms with E-state index in [0.29, 0.717) is 26.1 Å². The van der Waals surface area contributed by atoms with Crippen LogP contribution in [0.3, 0.4) is 0 Å². The number of hydrogen-bond acceptors (Lipinski definition) is 4. The molecular weight excluding hydrogens is 366 g/mol. The number of carbonyl (C=O) groups is 2. The fraction of sp³-hybridized carbons (Fsp3) is 0.600. The molecule has 1 saturated heterocycles. The molecule has 1 N–H and O–H groups in total. The van der Waals surface area contributed by atoms with E-state index in [1.807, 2.05) is 48.0 Å². The minimum absolute atomic E-state index is 0. The zero-order valence-corrected chi connectivity index (χ0v) is 17.4. The predicted octanol–water partition coefficient (Wildman–Crippen LogP) is 1.97. The van der Waals surface area contributed by atoms with Crippen molar-refractivity contribution in [3.8, 4) is 5.75 Å². The molecule has 1 aliphatic heterocycles. The summed E-state index contributed by atoms with van der Waals surface area (Å²) in [7, 11) is 3.50. The van der Waals surface area contributed by atoms with Crippen molar-refractivity contribution in [2.75, 3.05) is 46.9 Å². The highest BCUT2D eigenvalue weighted by Crippen LogP contribution is 2.14. The third-order valence-electron chi connectivity index (χ3n) is 4.88. The van der Waals surface area contributed by atoms with Crippen LogP contribution in [0.25, 0.3) is 0 Å². The summed E-state index contributed by atoms with van der Waals surface area (Å²) in [5.74, 6) is 1.13. The maximum Gasteiger partial charge on any atom is 0.226 e. The predicted molar refractivity (Wildman–Crippen MR) is 109 cm³/mol. The van der Waals surface area contributed by atoms with E-state index in [1.165, 1.54) is 0 Å². The highest BCUT2D eigenvalue weighted by atomic mass is 35.5. The molecule has 0 bridgehead atoms. The molecule has 0 aliphatic carbocycles. The summed E-state index contributed by atoms with van der Waals surface area (Å²) in [6, 6.07) is 7.83. The molecular formula is C20H32ClN3O3. The van der Waals surface area contributed by atoms with Gasteiger partial charge in [-0.3, -0.25) is 9.59 Å².